The van der Waals surface area contributed by atoms with E-state index >= 15 is 0 Å². The third-order valence-corrected chi connectivity index (χ3v) is 6.47. The highest BCUT2D eigenvalue weighted by molar-refractivity contribution is 5.75. The van der Waals surface area contributed by atoms with Gasteiger partial charge in [0.2, 0.25) is 5.82 Å². The summed E-state index contributed by atoms with van der Waals surface area (Å²) in [6, 6.07) is 4.11. The first-order valence-corrected chi connectivity index (χ1v) is 11.7. The molecule has 0 aliphatic heterocycles. The van der Waals surface area contributed by atoms with Crippen molar-refractivity contribution >= 4 is 11.5 Å². The van der Waals surface area contributed by atoms with Crippen molar-refractivity contribution in [2.45, 2.75) is 66.7 Å². The van der Waals surface area contributed by atoms with Crippen LogP contribution in [0.5, 0.6) is 0 Å². The monoisotopic (exact) mass is 451 g/mol. The van der Waals surface area contributed by atoms with Crippen molar-refractivity contribution in [2.24, 2.45) is 5.41 Å². The lowest BCUT2D eigenvalue weighted by Crippen LogP contribution is -2.26. The first-order valence-electron chi connectivity index (χ1n) is 11.7. The lowest BCUT2D eigenvalue weighted by Gasteiger charge is -2.36. The molecule has 0 saturated carbocycles. The number of carbonyl (C=O) groups excluding carboxylic acids is 1. The van der Waals surface area contributed by atoms with Gasteiger partial charge in [-0.15, -0.1) is 0 Å². The number of nitrogens with zero attached hydrogens (tertiary/aromatic N) is 3. The molecule has 1 aromatic heterocycles. The molecule has 1 heterocycles. The summed E-state index contributed by atoms with van der Waals surface area (Å²) >= 11 is 0. The standard InChI is InChI=1S/C27H37N3O3/c1-9-32-24(31)11-10-21-17(2)14-20(15-18(21)3)25-28-26(33-29-25)19(4)22-12-13-27(5,6)16-23(22)30(7)8/h14-15H,4,9-13,16H2,1-3,5-8H3. The van der Waals surface area contributed by atoms with Crippen LogP contribution in [0.1, 0.15) is 69.0 Å². The Labute approximate surface area is 197 Å². The smallest absolute Gasteiger partial charge is 0.306 e. The van der Waals surface area contributed by atoms with Gasteiger partial charge < -0.3 is 14.2 Å². The number of rotatable bonds is 8. The number of allylic oxidation sites excluding steroid dienone is 3. The van der Waals surface area contributed by atoms with E-state index in [-0.39, 0.29) is 11.4 Å². The van der Waals surface area contributed by atoms with Crippen LogP contribution in [0, 0.1) is 19.3 Å². The number of aryl methyl sites for hydroxylation is 2. The molecule has 1 aromatic carbocycles. The summed E-state index contributed by atoms with van der Waals surface area (Å²) < 4.78 is 10.7. The highest BCUT2D eigenvalue weighted by Crippen LogP contribution is 2.43. The summed E-state index contributed by atoms with van der Waals surface area (Å²) in [4.78, 5) is 18.6. The Balaban J connectivity index is 1.84. The molecule has 178 valence electrons. The normalized spacial score (nSPS) is 15.5. The van der Waals surface area contributed by atoms with Gasteiger partial charge in [0, 0.05) is 37.3 Å². The second-order valence-corrected chi connectivity index (χ2v) is 9.96. The Morgan fingerprint density at radius 3 is 2.52 bits per heavy atom. The molecule has 1 aliphatic carbocycles. The van der Waals surface area contributed by atoms with Gasteiger partial charge in [-0.3, -0.25) is 4.79 Å². The molecule has 0 atom stereocenters. The minimum atomic E-state index is -0.167. The molecule has 33 heavy (non-hydrogen) atoms. The highest BCUT2D eigenvalue weighted by Gasteiger charge is 2.30. The van der Waals surface area contributed by atoms with E-state index in [0.29, 0.717) is 31.2 Å². The maximum Gasteiger partial charge on any atom is 0.306 e. The van der Waals surface area contributed by atoms with Crippen LogP contribution in [0.15, 0.2) is 34.5 Å². The largest absolute Gasteiger partial charge is 0.466 e. The van der Waals surface area contributed by atoms with Crippen molar-refractivity contribution in [3.8, 4) is 11.4 Å². The van der Waals surface area contributed by atoms with Gasteiger partial charge in [0.05, 0.1) is 6.61 Å². The molecule has 3 rings (SSSR count). The van der Waals surface area contributed by atoms with E-state index in [9.17, 15) is 4.79 Å². The van der Waals surface area contributed by atoms with E-state index in [1.807, 2.05) is 6.92 Å². The molecule has 0 bridgehead atoms. The van der Waals surface area contributed by atoms with Gasteiger partial charge in [-0.25, -0.2) is 0 Å². The van der Waals surface area contributed by atoms with Crippen LogP contribution in [0.2, 0.25) is 0 Å². The molecular formula is C27H37N3O3. The van der Waals surface area contributed by atoms with Gasteiger partial charge in [-0.2, -0.15) is 4.98 Å². The molecule has 6 heteroatoms. The number of esters is 1. The summed E-state index contributed by atoms with van der Waals surface area (Å²) in [6.45, 7) is 15.3. The minimum absolute atomic E-state index is 0.167. The molecule has 6 nitrogen and oxygen atoms in total. The molecule has 1 aliphatic rings. The van der Waals surface area contributed by atoms with Gasteiger partial charge in [0.25, 0.3) is 5.89 Å². The van der Waals surface area contributed by atoms with Gasteiger partial charge in [0.15, 0.2) is 0 Å². The number of hydrogen-bond donors (Lipinski definition) is 0. The number of benzene rings is 1. The molecule has 0 saturated heterocycles. The molecule has 0 fully saturated rings. The predicted octanol–water partition coefficient (Wildman–Crippen LogP) is 5.89. The first-order chi connectivity index (χ1) is 15.5. The summed E-state index contributed by atoms with van der Waals surface area (Å²) in [6.07, 6.45) is 4.08. The van der Waals surface area contributed by atoms with Crippen LogP contribution in [0.3, 0.4) is 0 Å². The van der Waals surface area contributed by atoms with E-state index in [1.54, 1.807) is 0 Å². The molecule has 0 amide bonds. The predicted molar refractivity (Wildman–Crippen MR) is 132 cm³/mol. The molecular weight excluding hydrogens is 414 g/mol. The fraction of sp³-hybridized carbons (Fsp3) is 0.519. The van der Waals surface area contributed by atoms with E-state index in [1.165, 1.54) is 11.3 Å². The van der Waals surface area contributed by atoms with Crippen LogP contribution < -0.4 is 0 Å². The zero-order valence-corrected chi connectivity index (χ0v) is 21.2. The lowest BCUT2D eigenvalue weighted by atomic mass is 9.75. The Hall–Kier alpha value is -2.89. The molecule has 2 aromatic rings. The fourth-order valence-corrected chi connectivity index (χ4v) is 4.58. The van der Waals surface area contributed by atoms with Gasteiger partial charge in [-0.05, 0) is 86.3 Å². The number of hydrogen-bond acceptors (Lipinski definition) is 6. The maximum atomic E-state index is 11.8. The third kappa shape index (κ3) is 5.73. The second kappa shape index (κ2) is 9.94. The molecule has 0 radical (unpaired) electrons. The zero-order valence-electron chi connectivity index (χ0n) is 21.2. The van der Waals surface area contributed by atoms with Gasteiger partial charge in [-0.1, -0.05) is 25.6 Å². The van der Waals surface area contributed by atoms with Crippen LogP contribution in [-0.4, -0.2) is 41.7 Å². The van der Waals surface area contributed by atoms with Crippen molar-refractivity contribution in [2.75, 3.05) is 20.7 Å². The van der Waals surface area contributed by atoms with Crippen LogP contribution in [0.25, 0.3) is 17.0 Å². The fourth-order valence-electron chi connectivity index (χ4n) is 4.58. The van der Waals surface area contributed by atoms with Crippen LogP contribution in [-0.2, 0) is 16.0 Å². The van der Waals surface area contributed by atoms with Gasteiger partial charge in [0.1, 0.15) is 0 Å². The van der Waals surface area contributed by atoms with E-state index in [0.717, 1.165) is 47.1 Å². The summed E-state index contributed by atoms with van der Waals surface area (Å²) in [7, 11) is 4.16. The topological polar surface area (TPSA) is 68.5 Å². The summed E-state index contributed by atoms with van der Waals surface area (Å²) in [5, 5.41) is 4.25. The van der Waals surface area contributed by atoms with E-state index in [4.69, 9.17) is 14.2 Å². The summed E-state index contributed by atoms with van der Waals surface area (Å²) in [5.74, 6) is 0.859. The Kier molecular flexibility index (Phi) is 7.45. The number of ether oxygens (including phenoxy) is 1. The average molecular weight is 452 g/mol. The third-order valence-electron chi connectivity index (χ3n) is 6.47. The van der Waals surface area contributed by atoms with Crippen molar-refractivity contribution in [1.82, 2.24) is 15.0 Å². The number of carbonyl (C=O) groups is 1. The molecule has 0 N–H and O–H groups in total. The van der Waals surface area contributed by atoms with Crippen LogP contribution >= 0.6 is 0 Å². The van der Waals surface area contributed by atoms with E-state index < -0.39 is 0 Å². The minimum Gasteiger partial charge on any atom is -0.466 e. The molecule has 0 unspecified atom stereocenters. The second-order valence-electron chi connectivity index (χ2n) is 9.96. The van der Waals surface area contributed by atoms with Crippen LogP contribution in [0.4, 0.5) is 0 Å². The zero-order chi connectivity index (χ0) is 24.3. The highest BCUT2D eigenvalue weighted by atomic mass is 16.5. The first kappa shape index (κ1) is 24.7. The Morgan fingerprint density at radius 2 is 1.91 bits per heavy atom. The van der Waals surface area contributed by atoms with Crippen molar-refractivity contribution in [1.29, 1.82) is 0 Å². The SMILES string of the molecule is C=C(C1=C(N(C)C)CC(C)(C)CC1)c1nc(-c2cc(C)c(CCC(=O)OCC)c(C)c2)no1. The average Bonchev–Trinajstić information content (AvgIpc) is 3.22. The quantitative estimate of drug-likeness (QED) is 0.466. The Bertz CT molecular complexity index is 1050. The van der Waals surface area contributed by atoms with Crippen molar-refractivity contribution < 1.29 is 14.1 Å². The summed E-state index contributed by atoms with van der Waals surface area (Å²) in [5.41, 5.74) is 7.84. The Morgan fingerprint density at radius 1 is 1.24 bits per heavy atom. The number of aromatic nitrogens is 2. The maximum absolute atomic E-state index is 11.8. The van der Waals surface area contributed by atoms with Crippen molar-refractivity contribution in [3.63, 3.8) is 0 Å². The van der Waals surface area contributed by atoms with Gasteiger partial charge >= 0.3 is 5.97 Å². The van der Waals surface area contributed by atoms with Crippen molar-refractivity contribution in [3.05, 3.63) is 52.6 Å². The molecule has 0 spiro atoms. The lowest BCUT2D eigenvalue weighted by molar-refractivity contribution is -0.143. The van der Waals surface area contributed by atoms with E-state index in [2.05, 4.69) is 70.6 Å².